The molecule has 3 heterocycles. The third kappa shape index (κ3) is 3.01. The first-order valence-corrected chi connectivity index (χ1v) is 8.37. The number of aliphatic hydroxyl groups excluding tert-OH is 1. The third-order valence-electron chi connectivity index (χ3n) is 4.65. The molecule has 5 nitrogen and oxygen atoms in total. The summed E-state index contributed by atoms with van der Waals surface area (Å²) in [5, 5.41) is 9.33. The molecule has 1 N–H and O–H groups in total. The minimum absolute atomic E-state index is 0.127. The van der Waals surface area contributed by atoms with Crippen molar-refractivity contribution in [2.75, 3.05) is 13.2 Å². The van der Waals surface area contributed by atoms with Gasteiger partial charge < -0.3 is 9.67 Å². The number of pyridine rings is 1. The molecule has 2 aromatic rings. The zero-order valence-electron chi connectivity index (χ0n) is 13.6. The van der Waals surface area contributed by atoms with Gasteiger partial charge in [0.15, 0.2) is 5.65 Å². The molecule has 3 rings (SSSR count). The number of hydrogen-bond acceptors (Lipinski definition) is 4. The Balaban J connectivity index is 1.92. The van der Waals surface area contributed by atoms with Crippen LogP contribution in [0, 0.1) is 0 Å². The lowest BCUT2D eigenvalue weighted by atomic mass is 10.00. The van der Waals surface area contributed by atoms with Crippen LogP contribution in [0.1, 0.15) is 38.9 Å². The second-order valence-corrected chi connectivity index (χ2v) is 6.44. The minimum atomic E-state index is 0.127. The lowest BCUT2D eigenvalue weighted by molar-refractivity contribution is 0.0990. The van der Waals surface area contributed by atoms with Crippen LogP contribution in [-0.4, -0.2) is 49.8 Å². The largest absolute Gasteiger partial charge is 0.396 e. The molecular formula is C17H26N4O. The molecule has 120 valence electrons. The van der Waals surface area contributed by atoms with Crippen LogP contribution in [0.25, 0.3) is 11.2 Å². The van der Waals surface area contributed by atoms with Crippen molar-refractivity contribution in [1.29, 1.82) is 0 Å². The van der Waals surface area contributed by atoms with E-state index in [1.54, 1.807) is 0 Å². The van der Waals surface area contributed by atoms with E-state index in [1.165, 1.54) is 25.8 Å². The van der Waals surface area contributed by atoms with Crippen LogP contribution in [0.15, 0.2) is 18.3 Å². The van der Waals surface area contributed by atoms with Crippen molar-refractivity contribution in [2.45, 2.75) is 58.2 Å². The molecule has 0 amide bonds. The number of hydrogen-bond donors (Lipinski definition) is 1. The van der Waals surface area contributed by atoms with E-state index in [0.717, 1.165) is 23.5 Å². The molecule has 5 heteroatoms. The zero-order chi connectivity index (χ0) is 15.5. The number of fused-ring (bicyclic) bond motifs is 1. The number of likely N-dealkylation sites (tertiary alicyclic amines) is 1. The highest BCUT2D eigenvalue weighted by atomic mass is 16.3. The summed E-state index contributed by atoms with van der Waals surface area (Å²) in [4.78, 5) is 11.8. The highest BCUT2D eigenvalue weighted by molar-refractivity contribution is 5.71. The van der Waals surface area contributed by atoms with E-state index < -0.39 is 0 Å². The van der Waals surface area contributed by atoms with E-state index >= 15 is 0 Å². The fraction of sp³-hybridized carbons (Fsp3) is 0.647. The van der Waals surface area contributed by atoms with E-state index in [-0.39, 0.29) is 6.61 Å². The molecular weight excluding hydrogens is 276 g/mol. The van der Waals surface area contributed by atoms with E-state index in [1.807, 2.05) is 18.3 Å². The number of aliphatic hydroxyl groups is 1. The topological polar surface area (TPSA) is 54.2 Å². The Morgan fingerprint density at radius 1 is 1.36 bits per heavy atom. The first-order chi connectivity index (χ1) is 10.7. The SMILES string of the molecule is CC(C)N1CCCCC1Cn1c(CCO)nc2cccnc21. The predicted molar refractivity (Wildman–Crippen MR) is 87.8 cm³/mol. The fourth-order valence-corrected chi connectivity index (χ4v) is 3.60. The van der Waals surface area contributed by atoms with Crippen LogP contribution >= 0.6 is 0 Å². The number of piperidine rings is 1. The summed E-state index contributed by atoms with van der Waals surface area (Å²) in [7, 11) is 0. The smallest absolute Gasteiger partial charge is 0.160 e. The third-order valence-corrected chi connectivity index (χ3v) is 4.65. The molecule has 1 aliphatic rings. The predicted octanol–water partition coefficient (Wildman–Crippen LogP) is 2.23. The molecule has 0 bridgehead atoms. The molecule has 1 unspecified atom stereocenters. The maximum Gasteiger partial charge on any atom is 0.160 e. The first-order valence-electron chi connectivity index (χ1n) is 8.37. The number of rotatable bonds is 5. The quantitative estimate of drug-likeness (QED) is 0.920. The summed E-state index contributed by atoms with van der Waals surface area (Å²) in [5.41, 5.74) is 1.87. The van der Waals surface area contributed by atoms with Gasteiger partial charge in [-0.2, -0.15) is 0 Å². The Bertz CT molecular complexity index is 622. The molecule has 22 heavy (non-hydrogen) atoms. The van der Waals surface area contributed by atoms with Gasteiger partial charge in [0.1, 0.15) is 11.3 Å². The van der Waals surface area contributed by atoms with Crippen molar-refractivity contribution in [3.63, 3.8) is 0 Å². The molecule has 1 aliphatic heterocycles. The van der Waals surface area contributed by atoms with Gasteiger partial charge in [-0.3, -0.25) is 4.90 Å². The van der Waals surface area contributed by atoms with Gasteiger partial charge >= 0.3 is 0 Å². The lowest BCUT2D eigenvalue weighted by Gasteiger charge is -2.39. The number of aromatic nitrogens is 3. The van der Waals surface area contributed by atoms with Crippen LogP contribution < -0.4 is 0 Å². The van der Waals surface area contributed by atoms with E-state index in [2.05, 4.69) is 33.3 Å². The van der Waals surface area contributed by atoms with E-state index in [0.29, 0.717) is 18.5 Å². The van der Waals surface area contributed by atoms with Crippen LogP contribution in [0.3, 0.4) is 0 Å². The second-order valence-electron chi connectivity index (χ2n) is 6.44. The molecule has 0 spiro atoms. The first kappa shape index (κ1) is 15.4. The molecule has 1 saturated heterocycles. The standard InChI is InChI=1S/C17H26N4O/c1-13(2)20-10-4-3-6-14(20)12-21-16(8-11-22)19-15-7-5-9-18-17(15)21/h5,7,9,13-14,22H,3-4,6,8,10-12H2,1-2H3. The highest BCUT2D eigenvalue weighted by Crippen LogP contribution is 2.23. The maximum absolute atomic E-state index is 9.33. The molecule has 0 aromatic carbocycles. The summed E-state index contributed by atoms with van der Waals surface area (Å²) in [6.07, 6.45) is 6.22. The normalized spacial score (nSPS) is 20.1. The average Bonchev–Trinajstić information content (AvgIpc) is 2.86. The molecule has 2 aromatic heterocycles. The number of nitrogens with zero attached hydrogens (tertiary/aromatic N) is 4. The van der Waals surface area contributed by atoms with Crippen molar-refractivity contribution in [3.05, 3.63) is 24.2 Å². The Morgan fingerprint density at radius 2 is 2.23 bits per heavy atom. The lowest BCUT2D eigenvalue weighted by Crippen LogP contribution is -2.46. The Hall–Kier alpha value is -1.46. The minimum Gasteiger partial charge on any atom is -0.396 e. The Morgan fingerprint density at radius 3 is 3.00 bits per heavy atom. The maximum atomic E-state index is 9.33. The summed E-state index contributed by atoms with van der Waals surface area (Å²) in [5.74, 6) is 0.950. The van der Waals surface area contributed by atoms with Crippen LogP contribution in [0.5, 0.6) is 0 Å². The zero-order valence-corrected chi connectivity index (χ0v) is 13.6. The molecule has 1 atom stereocenters. The van der Waals surface area contributed by atoms with E-state index in [4.69, 9.17) is 0 Å². The van der Waals surface area contributed by atoms with Gasteiger partial charge in [0, 0.05) is 31.2 Å². The van der Waals surface area contributed by atoms with Crippen molar-refractivity contribution in [3.8, 4) is 0 Å². The van der Waals surface area contributed by atoms with E-state index in [9.17, 15) is 5.11 Å². The van der Waals surface area contributed by atoms with Crippen molar-refractivity contribution in [2.24, 2.45) is 0 Å². The monoisotopic (exact) mass is 302 g/mol. The van der Waals surface area contributed by atoms with Gasteiger partial charge in [-0.05, 0) is 45.4 Å². The van der Waals surface area contributed by atoms with Gasteiger partial charge in [0.05, 0.1) is 6.61 Å². The average molecular weight is 302 g/mol. The Kier molecular flexibility index (Phi) is 4.74. The van der Waals surface area contributed by atoms with Crippen LogP contribution in [-0.2, 0) is 13.0 Å². The second kappa shape index (κ2) is 6.75. The Labute approximate surface area is 132 Å². The molecule has 0 radical (unpaired) electrons. The van der Waals surface area contributed by atoms with Gasteiger partial charge in [-0.1, -0.05) is 6.42 Å². The van der Waals surface area contributed by atoms with Crippen molar-refractivity contribution >= 4 is 11.2 Å². The van der Waals surface area contributed by atoms with Crippen LogP contribution in [0.4, 0.5) is 0 Å². The summed E-state index contributed by atoms with van der Waals surface area (Å²) in [6.45, 7) is 6.77. The highest BCUT2D eigenvalue weighted by Gasteiger charge is 2.26. The van der Waals surface area contributed by atoms with Gasteiger partial charge in [-0.15, -0.1) is 0 Å². The summed E-state index contributed by atoms with van der Waals surface area (Å²) < 4.78 is 2.22. The van der Waals surface area contributed by atoms with Gasteiger partial charge in [0.2, 0.25) is 0 Å². The van der Waals surface area contributed by atoms with Crippen molar-refractivity contribution < 1.29 is 5.11 Å². The molecule has 1 fully saturated rings. The summed E-state index contributed by atoms with van der Waals surface area (Å²) >= 11 is 0. The number of imidazole rings is 1. The molecule has 0 saturated carbocycles. The molecule has 0 aliphatic carbocycles. The van der Waals surface area contributed by atoms with Crippen molar-refractivity contribution in [1.82, 2.24) is 19.4 Å². The van der Waals surface area contributed by atoms with Gasteiger partial charge in [0.25, 0.3) is 0 Å². The van der Waals surface area contributed by atoms with Crippen LogP contribution in [0.2, 0.25) is 0 Å². The fourth-order valence-electron chi connectivity index (χ4n) is 3.60. The summed E-state index contributed by atoms with van der Waals surface area (Å²) in [6, 6.07) is 5.02. The van der Waals surface area contributed by atoms with Gasteiger partial charge in [-0.25, -0.2) is 9.97 Å².